The second kappa shape index (κ2) is 6.14. The van der Waals surface area contributed by atoms with E-state index < -0.39 is 0 Å². The first-order valence-corrected chi connectivity index (χ1v) is 6.44. The number of Topliss-reactive ketones (excluding diaryl/α,β-unsaturated/α-hetero) is 1. The molecule has 5 heteroatoms. The van der Waals surface area contributed by atoms with Crippen LogP contribution in [0.1, 0.15) is 29.9 Å². The third-order valence-electron chi connectivity index (χ3n) is 2.78. The molecule has 0 fully saturated rings. The SMILES string of the molecule is CCOc1ccc(Nc2ncc(C(C)=O)c(C)n2)cc1. The Kier molecular flexibility index (Phi) is 4.30. The molecule has 1 aromatic carbocycles. The summed E-state index contributed by atoms with van der Waals surface area (Å²) in [5.74, 6) is 1.26. The summed E-state index contributed by atoms with van der Waals surface area (Å²) < 4.78 is 5.38. The van der Waals surface area contributed by atoms with Gasteiger partial charge in [0, 0.05) is 11.9 Å². The van der Waals surface area contributed by atoms with Crippen LogP contribution in [0.4, 0.5) is 11.6 Å². The minimum absolute atomic E-state index is 0.0323. The number of aryl methyl sites for hydroxylation is 1. The molecule has 0 atom stereocenters. The van der Waals surface area contributed by atoms with E-state index in [1.165, 1.54) is 6.92 Å². The molecule has 2 aromatic rings. The highest BCUT2D eigenvalue weighted by atomic mass is 16.5. The molecular formula is C15H17N3O2. The molecule has 0 saturated carbocycles. The fourth-order valence-corrected chi connectivity index (χ4v) is 1.80. The van der Waals surface area contributed by atoms with Crippen LogP contribution >= 0.6 is 0 Å². The molecule has 0 bridgehead atoms. The van der Waals surface area contributed by atoms with Gasteiger partial charge in [-0.1, -0.05) is 0 Å². The summed E-state index contributed by atoms with van der Waals surface area (Å²) in [6, 6.07) is 7.54. The van der Waals surface area contributed by atoms with Crippen molar-refractivity contribution in [3.8, 4) is 5.75 Å². The summed E-state index contributed by atoms with van der Waals surface area (Å²) in [6.45, 7) is 5.88. The van der Waals surface area contributed by atoms with E-state index in [9.17, 15) is 4.79 Å². The molecule has 104 valence electrons. The van der Waals surface area contributed by atoms with E-state index in [-0.39, 0.29) is 5.78 Å². The summed E-state index contributed by atoms with van der Waals surface area (Å²) in [4.78, 5) is 19.7. The lowest BCUT2D eigenvalue weighted by Gasteiger charge is -2.08. The van der Waals surface area contributed by atoms with Crippen molar-refractivity contribution in [3.63, 3.8) is 0 Å². The topological polar surface area (TPSA) is 64.1 Å². The Morgan fingerprint density at radius 3 is 2.55 bits per heavy atom. The number of anilines is 2. The van der Waals surface area contributed by atoms with Gasteiger partial charge in [-0.25, -0.2) is 9.97 Å². The maximum absolute atomic E-state index is 11.3. The predicted molar refractivity (Wildman–Crippen MR) is 77.7 cm³/mol. The highest BCUT2D eigenvalue weighted by molar-refractivity contribution is 5.94. The van der Waals surface area contributed by atoms with E-state index in [1.807, 2.05) is 31.2 Å². The fraction of sp³-hybridized carbons (Fsp3) is 0.267. The number of ketones is 1. The maximum Gasteiger partial charge on any atom is 0.227 e. The van der Waals surface area contributed by atoms with Gasteiger partial charge in [-0.05, 0) is 45.0 Å². The number of hydrogen-bond acceptors (Lipinski definition) is 5. The lowest BCUT2D eigenvalue weighted by atomic mass is 10.2. The smallest absolute Gasteiger partial charge is 0.227 e. The number of carbonyl (C=O) groups excluding carboxylic acids is 1. The standard InChI is InChI=1S/C15H17N3O2/c1-4-20-13-7-5-12(6-8-13)18-15-16-9-14(11(3)19)10(2)17-15/h5-9H,4H2,1-3H3,(H,16,17,18). The minimum Gasteiger partial charge on any atom is -0.494 e. The van der Waals surface area contributed by atoms with Crippen molar-refractivity contribution in [2.45, 2.75) is 20.8 Å². The molecule has 0 aliphatic rings. The van der Waals surface area contributed by atoms with E-state index in [2.05, 4.69) is 15.3 Å². The second-order valence-corrected chi connectivity index (χ2v) is 4.33. The molecule has 0 aliphatic heterocycles. The van der Waals surface area contributed by atoms with Gasteiger partial charge in [-0.3, -0.25) is 4.79 Å². The Morgan fingerprint density at radius 2 is 2.00 bits per heavy atom. The van der Waals surface area contributed by atoms with Crippen molar-refractivity contribution in [2.24, 2.45) is 0 Å². The third kappa shape index (κ3) is 3.32. The summed E-state index contributed by atoms with van der Waals surface area (Å²) in [7, 11) is 0. The molecule has 0 spiro atoms. The molecule has 1 N–H and O–H groups in total. The molecule has 1 heterocycles. The van der Waals surface area contributed by atoms with Gasteiger partial charge >= 0.3 is 0 Å². The van der Waals surface area contributed by atoms with E-state index in [0.29, 0.717) is 23.8 Å². The number of ether oxygens (including phenoxy) is 1. The molecule has 2 rings (SSSR count). The average Bonchev–Trinajstić information content (AvgIpc) is 2.41. The lowest BCUT2D eigenvalue weighted by molar-refractivity contribution is 0.101. The van der Waals surface area contributed by atoms with Crippen molar-refractivity contribution in [2.75, 3.05) is 11.9 Å². The largest absolute Gasteiger partial charge is 0.494 e. The van der Waals surface area contributed by atoms with Crippen LogP contribution in [0.2, 0.25) is 0 Å². The van der Waals surface area contributed by atoms with Gasteiger partial charge in [0.05, 0.1) is 17.9 Å². The highest BCUT2D eigenvalue weighted by Crippen LogP contribution is 2.18. The van der Waals surface area contributed by atoms with Crippen LogP contribution in [-0.4, -0.2) is 22.4 Å². The molecule has 0 radical (unpaired) electrons. The molecule has 20 heavy (non-hydrogen) atoms. The molecule has 0 saturated heterocycles. The molecule has 0 amide bonds. The van der Waals surface area contributed by atoms with E-state index in [1.54, 1.807) is 13.1 Å². The molecule has 1 aromatic heterocycles. The summed E-state index contributed by atoms with van der Waals surface area (Å²) in [6.07, 6.45) is 1.54. The first kappa shape index (κ1) is 14.0. The Hall–Kier alpha value is -2.43. The van der Waals surface area contributed by atoms with Crippen LogP contribution in [0.5, 0.6) is 5.75 Å². The Labute approximate surface area is 118 Å². The zero-order valence-electron chi connectivity index (χ0n) is 11.8. The van der Waals surface area contributed by atoms with Crippen LogP contribution in [0.3, 0.4) is 0 Å². The van der Waals surface area contributed by atoms with Crippen LogP contribution in [0, 0.1) is 6.92 Å². The van der Waals surface area contributed by atoms with Gasteiger partial charge in [0.25, 0.3) is 0 Å². The molecular weight excluding hydrogens is 254 g/mol. The van der Waals surface area contributed by atoms with Crippen molar-refractivity contribution in [1.29, 1.82) is 0 Å². The van der Waals surface area contributed by atoms with Gasteiger partial charge in [-0.15, -0.1) is 0 Å². The number of carbonyl (C=O) groups is 1. The van der Waals surface area contributed by atoms with Gasteiger partial charge in [0.1, 0.15) is 5.75 Å². The number of nitrogens with zero attached hydrogens (tertiary/aromatic N) is 2. The van der Waals surface area contributed by atoms with Crippen LogP contribution < -0.4 is 10.1 Å². The number of benzene rings is 1. The van der Waals surface area contributed by atoms with E-state index in [4.69, 9.17) is 4.74 Å². The van der Waals surface area contributed by atoms with Crippen molar-refractivity contribution in [1.82, 2.24) is 9.97 Å². The van der Waals surface area contributed by atoms with Crippen molar-refractivity contribution < 1.29 is 9.53 Å². The summed E-state index contributed by atoms with van der Waals surface area (Å²) in [5, 5.41) is 3.09. The fourth-order valence-electron chi connectivity index (χ4n) is 1.80. The Balaban J connectivity index is 2.13. The van der Waals surface area contributed by atoms with Gasteiger partial charge < -0.3 is 10.1 Å². The molecule has 0 aliphatic carbocycles. The number of nitrogens with one attached hydrogen (secondary N) is 1. The third-order valence-corrected chi connectivity index (χ3v) is 2.78. The predicted octanol–water partition coefficient (Wildman–Crippen LogP) is 3.13. The van der Waals surface area contributed by atoms with Crippen LogP contribution in [0.15, 0.2) is 30.5 Å². The number of hydrogen-bond donors (Lipinski definition) is 1. The lowest BCUT2D eigenvalue weighted by Crippen LogP contribution is -2.04. The van der Waals surface area contributed by atoms with Gasteiger partial charge in [-0.2, -0.15) is 0 Å². The number of rotatable bonds is 5. The highest BCUT2D eigenvalue weighted by Gasteiger charge is 2.07. The minimum atomic E-state index is -0.0323. The van der Waals surface area contributed by atoms with Crippen molar-refractivity contribution >= 4 is 17.4 Å². The Bertz CT molecular complexity index is 609. The number of aromatic nitrogens is 2. The van der Waals surface area contributed by atoms with E-state index >= 15 is 0 Å². The first-order valence-electron chi connectivity index (χ1n) is 6.44. The zero-order chi connectivity index (χ0) is 14.5. The summed E-state index contributed by atoms with van der Waals surface area (Å²) in [5.41, 5.74) is 2.08. The first-order chi connectivity index (χ1) is 9.60. The quantitative estimate of drug-likeness (QED) is 0.846. The molecule has 0 unspecified atom stereocenters. The van der Waals surface area contributed by atoms with Crippen LogP contribution in [0.25, 0.3) is 0 Å². The van der Waals surface area contributed by atoms with Crippen molar-refractivity contribution in [3.05, 3.63) is 41.7 Å². The normalized spacial score (nSPS) is 10.2. The Morgan fingerprint density at radius 1 is 1.30 bits per heavy atom. The zero-order valence-corrected chi connectivity index (χ0v) is 11.8. The van der Waals surface area contributed by atoms with E-state index in [0.717, 1.165) is 11.4 Å². The maximum atomic E-state index is 11.3. The van der Waals surface area contributed by atoms with Gasteiger partial charge in [0.15, 0.2) is 5.78 Å². The summed E-state index contributed by atoms with van der Waals surface area (Å²) >= 11 is 0. The van der Waals surface area contributed by atoms with Gasteiger partial charge in [0.2, 0.25) is 5.95 Å². The second-order valence-electron chi connectivity index (χ2n) is 4.33. The average molecular weight is 271 g/mol. The van der Waals surface area contributed by atoms with Crippen LogP contribution in [-0.2, 0) is 0 Å². The molecule has 5 nitrogen and oxygen atoms in total. The monoisotopic (exact) mass is 271 g/mol.